The molecule has 2 heterocycles. The summed E-state index contributed by atoms with van der Waals surface area (Å²) in [5, 5.41) is 9.37. The van der Waals surface area contributed by atoms with Crippen molar-refractivity contribution in [3.63, 3.8) is 0 Å². The van der Waals surface area contributed by atoms with Gasteiger partial charge in [0.2, 0.25) is 0 Å². The lowest BCUT2D eigenvalue weighted by atomic mass is 9.84. The first kappa shape index (κ1) is 18.5. The number of hydrogen-bond acceptors (Lipinski definition) is 4. The maximum Gasteiger partial charge on any atom is 0.407 e. The van der Waals surface area contributed by atoms with Gasteiger partial charge in [-0.25, -0.2) is 4.79 Å². The van der Waals surface area contributed by atoms with E-state index in [1.807, 2.05) is 6.92 Å². The Morgan fingerprint density at radius 3 is 2.52 bits per heavy atom. The zero-order valence-electron chi connectivity index (χ0n) is 14.8. The van der Waals surface area contributed by atoms with Crippen molar-refractivity contribution in [3.05, 3.63) is 0 Å². The summed E-state index contributed by atoms with van der Waals surface area (Å²) in [5.74, 6) is -0.429. The maximum atomic E-state index is 11.4. The number of rotatable bonds is 6. The van der Waals surface area contributed by atoms with E-state index in [0.29, 0.717) is 26.4 Å². The average Bonchev–Trinajstić information content (AvgIpc) is 3.04. The molecule has 6 heteroatoms. The van der Waals surface area contributed by atoms with E-state index in [9.17, 15) is 9.90 Å². The van der Waals surface area contributed by atoms with Crippen LogP contribution in [-0.4, -0.2) is 60.4 Å². The summed E-state index contributed by atoms with van der Waals surface area (Å²) in [6.45, 7) is 10.8. The van der Waals surface area contributed by atoms with E-state index in [2.05, 4.69) is 20.8 Å². The molecule has 6 nitrogen and oxygen atoms in total. The predicted molar refractivity (Wildman–Crippen MR) is 86.5 cm³/mol. The number of hydrogen-bond donors (Lipinski definition) is 1. The molecule has 2 atom stereocenters. The van der Waals surface area contributed by atoms with Crippen molar-refractivity contribution in [3.8, 4) is 0 Å². The van der Waals surface area contributed by atoms with E-state index >= 15 is 0 Å². The molecule has 2 saturated heterocycles. The Morgan fingerprint density at radius 2 is 1.96 bits per heavy atom. The van der Waals surface area contributed by atoms with E-state index in [1.165, 1.54) is 4.90 Å². The van der Waals surface area contributed by atoms with Crippen LogP contribution in [-0.2, 0) is 14.2 Å². The van der Waals surface area contributed by atoms with Crippen molar-refractivity contribution in [2.24, 2.45) is 5.41 Å². The van der Waals surface area contributed by atoms with Gasteiger partial charge < -0.3 is 24.2 Å². The highest BCUT2D eigenvalue weighted by Crippen LogP contribution is 2.35. The van der Waals surface area contributed by atoms with Gasteiger partial charge in [0, 0.05) is 19.6 Å². The number of carboxylic acid groups (broad SMARTS) is 1. The number of unbranched alkanes of at least 4 members (excludes halogenated alkanes) is 1. The normalized spacial score (nSPS) is 27.6. The number of ether oxygens (including phenoxy) is 3. The molecule has 0 aromatic heterocycles. The van der Waals surface area contributed by atoms with Crippen LogP contribution in [0.3, 0.4) is 0 Å². The molecule has 0 bridgehead atoms. The van der Waals surface area contributed by atoms with Gasteiger partial charge in [0.15, 0.2) is 5.79 Å². The van der Waals surface area contributed by atoms with Crippen LogP contribution in [0.2, 0.25) is 0 Å². The lowest BCUT2D eigenvalue weighted by molar-refractivity contribution is -0.148. The first-order valence-corrected chi connectivity index (χ1v) is 8.62. The zero-order chi connectivity index (χ0) is 17.1. The second-order valence-corrected chi connectivity index (χ2v) is 7.77. The molecule has 134 valence electrons. The van der Waals surface area contributed by atoms with Gasteiger partial charge >= 0.3 is 6.09 Å². The highest BCUT2D eigenvalue weighted by Gasteiger charge is 2.44. The Morgan fingerprint density at radius 1 is 1.30 bits per heavy atom. The van der Waals surface area contributed by atoms with Crippen molar-refractivity contribution < 1.29 is 24.1 Å². The molecule has 0 aromatic carbocycles. The highest BCUT2D eigenvalue weighted by atomic mass is 16.7. The largest absolute Gasteiger partial charge is 0.465 e. The molecule has 1 N–H and O–H groups in total. The molecular formula is C17H31NO5. The summed E-state index contributed by atoms with van der Waals surface area (Å²) in [6.07, 6.45) is 2.69. The second-order valence-electron chi connectivity index (χ2n) is 7.77. The second kappa shape index (κ2) is 7.36. The zero-order valence-corrected chi connectivity index (χ0v) is 14.8. The van der Waals surface area contributed by atoms with Crippen LogP contribution < -0.4 is 0 Å². The van der Waals surface area contributed by atoms with Crippen LogP contribution in [0, 0.1) is 5.41 Å². The van der Waals surface area contributed by atoms with Crippen LogP contribution >= 0.6 is 0 Å². The fourth-order valence-electron chi connectivity index (χ4n) is 3.66. The van der Waals surface area contributed by atoms with Gasteiger partial charge in [-0.2, -0.15) is 0 Å². The lowest BCUT2D eigenvalue weighted by Crippen LogP contribution is -2.48. The Labute approximate surface area is 139 Å². The number of nitrogens with zero attached hydrogens (tertiary/aromatic N) is 1. The van der Waals surface area contributed by atoms with E-state index in [4.69, 9.17) is 14.2 Å². The van der Waals surface area contributed by atoms with Gasteiger partial charge in [-0.05, 0) is 31.6 Å². The smallest absolute Gasteiger partial charge is 0.407 e. The first-order chi connectivity index (χ1) is 10.7. The summed E-state index contributed by atoms with van der Waals surface area (Å²) in [6, 6.07) is -0.0842. The Hall–Kier alpha value is -0.850. The molecule has 0 saturated carbocycles. The van der Waals surface area contributed by atoms with Gasteiger partial charge in [-0.15, -0.1) is 0 Å². The molecule has 0 aromatic rings. The summed E-state index contributed by atoms with van der Waals surface area (Å²) < 4.78 is 17.2. The fraction of sp³-hybridized carbons (Fsp3) is 0.941. The molecule has 2 aliphatic rings. The lowest BCUT2D eigenvalue weighted by Gasteiger charge is -2.36. The molecule has 0 aliphatic carbocycles. The van der Waals surface area contributed by atoms with Gasteiger partial charge in [0.25, 0.3) is 0 Å². The maximum absolute atomic E-state index is 11.4. The van der Waals surface area contributed by atoms with Crippen molar-refractivity contribution in [2.45, 2.75) is 71.3 Å². The predicted octanol–water partition coefficient (Wildman–Crippen LogP) is 3.10. The SMILES string of the molecule is CC1(CCCCOC2CCN(C(=O)O)C2C(C)(C)C)OCCO1. The Kier molecular flexibility index (Phi) is 5.92. The monoisotopic (exact) mass is 329 g/mol. The molecule has 2 unspecified atom stereocenters. The molecular weight excluding hydrogens is 298 g/mol. The van der Waals surface area contributed by atoms with Crippen molar-refractivity contribution in [1.29, 1.82) is 0 Å². The minimum atomic E-state index is -0.848. The van der Waals surface area contributed by atoms with Crippen LogP contribution in [0.5, 0.6) is 0 Å². The van der Waals surface area contributed by atoms with E-state index in [-0.39, 0.29) is 17.6 Å². The Balaban J connectivity index is 1.75. The molecule has 23 heavy (non-hydrogen) atoms. The van der Waals surface area contributed by atoms with E-state index in [0.717, 1.165) is 25.7 Å². The van der Waals surface area contributed by atoms with Crippen LogP contribution in [0.25, 0.3) is 0 Å². The minimum absolute atomic E-state index is 0.0133. The average molecular weight is 329 g/mol. The van der Waals surface area contributed by atoms with Crippen molar-refractivity contribution in [1.82, 2.24) is 4.90 Å². The van der Waals surface area contributed by atoms with Gasteiger partial charge in [0.05, 0.1) is 25.4 Å². The third-order valence-electron chi connectivity index (χ3n) is 4.73. The standard InChI is InChI=1S/C17H31NO5/c1-16(2,3)14-13(7-9-18(14)15(19)20)21-10-6-5-8-17(4)22-11-12-23-17/h13-14H,5-12H2,1-4H3,(H,19,20). The fourth-order valence-corrected chi connectivity index (χ4v) is 3.66. The quantitative estimate of drug-likeness (QED) is 0.758. The van der Waals surface area contributed by atoms with Crippen LogP contribution in [0.15, 0.2) is 0 Å². The minimum Gasteiger partial charge on any atom is -0.465 e. The van der Waals surface area contributed by atoms with E-state index < -0.39 is 11.9 Å². The Bertz CT molecular complexity index is 400. The van der Waals surface area contributed by atoms with Crippen molar-refractivity contribution >= 4 is 6.09 Å². The van der Waals surface area contributed by atoms with Gasteiger partial charge in [-0.1, -0.05) is 20.8 Å². The molecule has 0 radical (unpaired) electrons. The molecule has 0 spiro atoms. The number of amides is 1. The molecule has 1 amide bonds. The van der Waals surface area contributed by atoms with Crippen LogP contribution in [0.1, 0.15) is 53.4 Å². The third-order valence-corrected chi connectivity index (χ3v) is 4.73. The summed E-state index contributed by atoms with van der Waals surface area (Å²) in [4.78, 5) is 12.9. The summed E-state index contributed by atoms with van der Waals surface area (Å²) in [7, 11) is 0. The molecule has 2 aliphatic heterocycles. The number of carbonyl (C=O) groups is 1. The van der Waals surface area contributed by atoms with Crippen LogP contribution in [0.4, 0.5) is 4.79 Å². The molecule has 2 fully saturated rings. The summed E-state index contributed by atoms with van der Waals surface area (Å²) >= 11 is 0. The van der Waals surface area contributed by atoms with E-state index in [1.54, 1.807) is 0 Å². The topological polar surface area (TPSA) is 68.2 Å². The third kappa shape index (κ3) is 4.81. The highest BCUT2D eigenvalue weighted by molar-refractivity contribution is 5.66. The molecule has 2 rings (SSSR count). The van der Waals surface area contributed by atoms with Gasteiger partial charge in [0.1, 0.15) is 0 Å². The number of likely N-dealkylation sites (tertiary alicyclic amines) is 1. The summed E-state index contributed by atoms with van der Waals surface area (Å²) in [5.41, 5.74) is -0.126. The van der Waals surface area contributed by atoms with Gasteiger partial charge in [-0.3, -0.25) is 0 Å². The van der Waals surface area contributed by atoms with Crippen molar-refractivity contribution in [2.75, 3.05) is 26.4 Å². The first-order valence-electron chi connectivity index (χ1n) is 8.62.